The van der Waals surface area contributed by atoms with Crippen molar-refractivity contribution in [2.24, 2.45) is 0 Å². The first-order valence-electron chi connectivity index (χ1n) is 4.88. The van der Waals surface area contributed by atoms with Crippen molar-refractivity contribution in [3.8, 4) is 0 Å². The molecule has 2 heteroatoms. The van der Waals surface area contributed by atoms with Gasteiger partial charge in [-0.1, -0.05) is 30.3 Å². The molecule has 0 aliphatic rings. The molecule has 0 aromatic heterocycles. The summed E-state index contributed by atoms with van der Waals surface area (Å²) in [5, 5.41) is 0.108. The van der Waals surface area contributed by atoms with Gasteiger partial charge < -0.3 is 0 Å². The van der Waals surface area contributed by atoms with Crippen molar-refractivity contribution in [2.75, 3.05) is 0 Å². The molecule has 0 radical (unpaired) electrons. The molecule has 0 heterocycles. The molecule has 0 unspecified atom stereocenters. The summed E-state index contributed by atoms with van der Waals surface area (Å²) >= 11 is 0. The topological polar surface area (TPSA) is 17.1 Å². The van der Waals surface area contributed by atoms with Gasteiger partial charge in [-0.15, -0.1) is 0 Å². The molecule has 1 rings (SSSR count). The van der Waals surface area contributed by atoms with E-state index in [1.807, 2.05) is 58.0 Å². The first kappa shape index (κ1) is 11.4. The predicted molar refractivity (Wildman–Crippen MR) is 62.8 cm³/mol. The van der Waals surface area contributed by atoms with Crippen molar-refractivity contribution < 1.29 is 4.21 Å². The zero-order chi connectivity index (χ0) is 10.8. The monoisotopic (exact) mass is 210 g/mol. The first-order chi connectivity index (χ1) is 6.43. The van der Waals surface area contributed by atoms with Gasteiger partial charge in [0.1, 0.15) is 0 Å². The molecule has 0 saturated carbocycles. The summed E-state index contributed by atoms with van der Waals surface area (Å²) in [6.45, 7) is 8.07. The molecule has 1 aromatic carbocycles. The zero-order valence-electron chi connectivity index (χ0n) is 9.28. The molecular weight excluding hydrogens is 192 g/mol. The summed E-state index contributed by atoms with van der Waals surface area (Å²) in [7, 11) is -0.833. The Hall–Kier alpha value is -0.630. The van der Waals surface area contributed by atoms with Crippen molar-refractivity contribution in [1.29, 1.82) is 0 Å². The maximum Gasteiger partial charge on any atom is 0.0574 e. The quantitative estimate of drug-likeness (QED) is 0.732. The van der Waals surface area contributed by atoms with Crippen molar-refractivity contribution in [1.82, 2.24) is 0 Å². The van der Waals surface area contributed by atoms with E-state index >= 15 is 0 Å². The number of hydrogen-bond acceptors (Lipinski definition) is 1. The average molecular weight is 210 g/mol. The summed E-state index contributed by atoms with van der Waals surface area (Å²) in [6, 6.07) is 10.0. The molecule has 0 aliphatic heterocycles. The highest BCUT2D eigenvalue weighted by atomic mass is 32.2. The van der Waals surface area contributed by atoms with Crippen LogP contribution in [-0.2, 0) is 10.8 Å². The van der Waals surface area contributed by atoms with Crippen LogP contribution in [0.1, 0.15) is 38.5 Å². The van der Waals surface area contributed by atoms with Crippen LogP contribution in [0.2, 0.25) is 0 Å². The van der Waals surface area contributed by atoms with Crippen molar-refractivity contribution in [3.05, 3.63) is 35.9 Å². The molecule has 0 spiro atoms. The molecule has 0 amide bonds. The smallest absolute Gasteiger partial charge is 0.0574 e. The Bertz CT molecular complexity index is 311. The standard InChI is InChI=1S/C12H18OS/c1-10(14(13)12(2,3)4)11-8-6-5-7-9-11/h5-10H,1-4H3/t10-,14+/m1/s1. The van der Waals surface area contributed by atoms with Crippen LogP contribution in [0.15, 0.2) is 30.3 Å². The van der Waals surface area contributed by atoms with Crippen LogP contribution in [0.3, 0.4) is 0 Å². The molecule has 0 bridgehead atoms. The van der Waals surface area contributed by atoms with E-state index in [-0.39, 0.29) is 10.00 Å². The molecule has 1 aromatic rings. The Morgan fingerprint density at radius 1 is 1.14 bits per heavy atom. The van der Waals surface area contributed by atoms with Gasteiger partial charge in [-0.3, -0.25) is 4.21 Å². The van der Waals surface area contributed by atoms with E-state index in [4.69, 9.17) is 0 Å². The lowest BCUT2D eigenvalue weighted by molar-refractivity contribution is 0.640. The van der Waals surface area contributed by atoms with E-state index in [2.05, 4.69) is 0 Å². The Kier molecular flexibility index (Phi) is 3.48. The number of benzene rings is 1. The van der Waals surface area contributed by atoms with Crippen LogP contribution >= 0.6 is 0 Å². The fourth-order valence-corrected chi connectivity index (χ4v) is 2.84. The van der Waals surface area contributed by atoms with Crippen LogP contribution < -0.4 is 0 Å². The van der Waals surface area contributed by atoms with Crippen LogP contribution in [0, 0.1) is 0 Å². The Morgan fingerprint density at radius 3 is 2.07 bits per heavy atom. The second-order valence-electron chi connectivity index (χ2n) is 4.46. The molecule has 2 atom stereocenters. The van der Waals surface area contributed by atoms with Gasteiger partial charge in [0, 0.05) is 15.5 Å². The lowest BCUT2D eigenvalue weighted by Gasteiger charge is -2.23. The van der Waals surface area contributed by atoms with E-state index < -0.39 is 10.8 Å². The fourth-order valence-electron chi connectivity index (χ4n) is 1.38. The highest BCUT2D eigenvalue weighted by molar-refractivity contribution is 7.86. The van der Waals surface area contributed by atoms with Gasteiger partial charge in [0.2, 0.25) is 0 Å². The van der Waals surface area contributed by atoms with Gasteiger partial charge in [-0.2, -0.15) is 0 Å². The van der Waals surface area contributed by atoms with E-state index in [9.17, 15) is 4.21 Å². The van der Waals surface area contributed by atoms with E-state index in [0.717, 1.165) is 5.56 Å². The number of hydrogen-bond donors (Lipinski definition) is 0. The van der Waals surface area contributed by atoms with Crippen LogP contribution in [0.4, 0.5) is 0 Å². The fraction of sp³-hybridized carbons (Fsp3) is 0.500. The third-order valence-corrected chi connectivity index (χ3v) is 4.32. The normalized spacial score (nSPS) is 16.3. The van der Waals surface area contributed by atoms with E-state index in [1.54, 1.807) is 0 Å². The van der Waals surface area contributed by atoms with Crippen molar-refractivity contribution >= 4 is 10.8 Å². The van der Waals surface area contributed by atoms with Crippen LogP contribution in [-0.4, -0.2) is 8.96 Å². The largest absolute Gasteiger partial charge is 0.258 e. The highest BCUT2D eigenvalue weighted by Crippen LogP contribution is 2.27. The Labute approximate surface area is 89.0 Å². The zero-order valence-corrected chi connectivity index (χ0v) is 10.1. The summed E-state index contributed by atoms with van der Waals surface area (Å²) in [6.07, 6.45) is 0. The van der Waals surface area contributed by atoms with Gasteiger partial charge in [0.25, 0.3) is 0 Å². The Balaban J connectivity index is 2.87. The minimum atomic E-state index is -0.833. The van der Waals surface area contributed by atoms with Gasteiger partial charge in [0.15, 0.2) is 0 Å². The molecular formula is C12H18OS. The van der Waals surface area contributed by atoms with Gasteiger partial charge in [-0.05, 0) is 33.3 Å². The second kappa shape index (κ2) is 4.26. The van der Waals surface area contributed by atoms with Gasteiger partial charge in [-0.25, -0.2) is 0 Å². The van der Waals surface area contributed by atoms with E-state index in [0.29, 0.717) is 0 Å². The van der Waals surface area contributed by atoms with Crippen LogP contribution in [0.5, 0.6) is 0 Å². The predicted octanol–water partition coefficient (Wildman–Crippen LogP) is 3.29. The summed E-state index contributed by atoms with van der Waals surface area (Å²) in [5.74, 6) is 0. The Morgan fingerprint density at radius 2 is 1.64 bits per heavy atom. The molecule has 0 aliphatic carbocycles. The summed E-state index contributed by atoms with van der Waals surface area (Å²) < 4.78 is 11.9. The van der Waals surface area contributed by atoms with Gasteiger partial charge >= 0.3 is 0 Å². The first-order valence-corrected chi connectivity index (χ1v) is 6.10. The minimum Gasteiger partial charge on any atom is -0.258 e. The van der Waals surface area contributed by atoms with Gasteiger partial charge in [0.05, 0.1) is 5.25 Å². The SMILES string of the molecule is C[C@H](c1ccccc1)[S@](=O)C(C)(C)C. The molecule has 0 saturated heterocycles. The second-order valence-corrected chi connectivity index (χ2v) is 6.99. The molecule has 78 valence electrons. The van der Waals surface area contributed by atoms with Crippen LogP contribution in [0.25, 0.3) is 0 Å². The van der Waals surface area contributed by atoms with Crippen molar-refractivity contribution in [2.45, 2.75) is 37.7 Å². The third kappa shape index (κ3) is 2.68. The van der Waals surface area contributed by atoms with E-state index in [1.165, 1.54) is 0 Å². The maximum atomic E-state index is 12.1. The maximum absolute atomic E-state index is 12.1. The summed E-state index contributed by atoms with van der Waals surface area (Å²) in [5.41, 5.74) is 1.15. The molecule has 0 N–H and O–H groups in total. The molecule has 0 fully saturated rings. The lowest BCUT2D eigenvalue weighted by Crippen LogP contribution is -2.25. The van der Waals surface area contributed by atoms with Crippen molar-refractivity contribution in [3.63, 3.8) is 0 Å². The summed E-state index contributed by atoms with van der Waals surface area (Å²) in [4.78, 5) is 0. The lowest BCUT2D eigenvalue weighted by atomic mass is 10.2. The minimum absolute atomic E-state index is 0.108. The molecule has 14 heavy (non-hydrogen) atoms. The number of rotatable bonds is 2. The highest BCUT2D eigenvalue weighted by Gasteiger charge is 2.25. The third-order valence-electron chi connectivity index (χ3n) is 2.19. The average Bonchev–Trinajstić information content (AvgIpc) is 2.15. The molecule has 1 nitrogen and oxygen atoms in total.